The van der Waals surface area contributed by atoms with Gasteiger partial charge in [-0.1, -0.05) is 127 Å². The number of para-hydroxylation sites is 2. The van der Waals surface area contributed by atoms with Gasteiger partial charge in [-0.25, -0.2) is 0 Å². The zero-order valence-electron chi connectivity index (χ0n) is 29.8. The summed E-state index contributed by atoms with van der Waals surface area (Å²) in [4.78, 5) is 2.32. The third kappa shape index (κ3) is 5.36. The Hall–Kier alpha value is -7.36. The predicted molar refractivity (Wildman–Crippen MR) is 229 cm³/mol. The summed E-state index contributed by atoms with van der Waals surface area (Å²) >= 11 is 0. The van der Waals surface area contributed by atoms with Crippen LogP contribution in [0.2, 0.25) is 0 Å². The highest BCUT2D eigenvalue weighted by atomic mass is 16.3. The van der Waals surface area contributed by atoms with Gasteiger partial charge in [-0.3, -0.25) is 0 Å². The zero-order chi connectivity index (χ0) is 36.3. The van der Waals surface area contributed by atoms with E-state index in [9.17, 15) is 0 Å². The summed E-state index contributed by atoms with van der Waals surface area (Å²) < 4.78 is 12.5. The number of anilines is 3. The van der Waals surface area contributed by atoms with Gasteiger partial charge in [0.2, 0.25) is 0 Å². The molecule has 55 heavy (non-hydrogen) atoms. The number of furan rings is 2. The van der Waals surface area contributed by atoms with E-state index >= 15 is 0 Å². The number of nitrogens with zero attached hydrogens (tertiary/aromatic N) is 1. The van der Waals surface area contributed by atoms with Crippen LogP contribution in [-0.4, -0.2) is 0 Å². The molecule has 0 saturated heterocycles. The molecule has 0 radical (unpaired) electrons. The largest absolute Gasteiger partial charge is 0.456 e. The van der Waals surface area contributed by atoms with E-state index in [4.69, 9.17) is 8.83 Å². The number of hydrogen-bond acceptors (Lipinski definition) is 3. The SMILES string of the molecule is c1cc(-c2cccc(N(c3ccc(-c4ccc5oc6ccccc6c5c4)cc3)c3ccc4c(c3)oc3ccccc34)c2)cc(-c2cccc3ccccc23)c1. The van der Waals surface area contributed by atoms with E-state index in [0.29, 0.717) is 0 Å². The lowest BCUT2D eigenvalue weighted by atomic mass is 9.95. The molecule has 0 amide bonds. The van der Waals surface area contributed by atoms with Crippen LogP contribution in [0, 0.1) is 0 Å². The third-order valence-corrected chi connectivity index (χ3v) is 10.9. The molecule has 2 aromatic heterocycles. The molecule has 0 aliphatic rings. The predicted octanol–water partition coefficient (Wildman–Crippen LogP) is 15.1. The third-order valence-electron chi connectivity index (χ3n) is 10.9. The van der Waals surface area contributed by atoms with E-state index in [-0.39, 0.29) is 0 Å². The van der Waals surface area contributed by atoms with Crippen LogP contribution >= 0.6 is 0 Å². The zero-order valence-corrected chi connectivity index (χ0v) is 29.8. The molecule has 0 aliphatic heterocycles. The Morgan fingerprint density at radius 2 is 0.818 bits per heavy atom. The first-order chi connectivity index (χ1) is 27.2. The first-order valence-electron chi connectivity index (χ1n) is 18.7. The summed E-state index contributed by atoms with van der Waals surface area (Å²) in [6.45, 7) is 0. The van der Waals surface area contributed by atoms with Crippen LogP contribution in [0.15, 0.2) is 209 Å². The quantitative estimate of drug-likeness (QED) is 0.173. The van der Waals surface area contributed by atoms with Gasteiger partial charge in [0.1, 0.15) is 22.3 Å². The molecule has 258 valence electrons. The molecular formula is C52H33NO2. The smallest absolute Gasteiger partial charge is 0.137 e. The van der Waals surface area contributed by atoms with E-state index in [1.807, 2.05) is 24.3 Å². The Bertz CT molecular complexity index is 3220. The van der Waals surface area contributed by atoms with Gasteiger partial charge in [-0.05, 0) is 111 Å². The molecule has 0 saturated carbocycles. The molecule has 0 bridgehead atoms. The van der Waals surface area contributed by atoms with Crippen LogP contribution in [0.25, 0.3) is 88.0 Å². The second-order valence-electron chi connectivity index (χ2n) is 14.1. The summed E-state index contributed by atoms with van der Waals surface area (Å²) in [6.07, 6.45) is 0. The number of rotatable bonds is 6. The van der Waals surface area contributed by atoms with Crippen molar-refractivity contribution < 1.29 is 8.83 Å². The van der Waals surface area contributed by atoms with Crippen molar-refractivity contribution in [2.45, 2.75) is 0 Å². The van der Waals surface area contributed by atoms with Crippen molar-refractivity contribution in [3.63, 3.8) is 0 Å². The first-order valence-corrected chi connectivity index (χ1v) is 18.7. The molecule has 0 N–H and O–H groups in total. The molecule has 0 unspecified atom stereocenters. The fourth-order valence-electron chi connectivity index (χ4n) is 8.18. The van der Waals surface area contributed by atoms with E-state index in [1.54, 1.807) is 0 Å². The highest BCUT2D eigenvalue weighted by molar-refractivity contribution is 6.07. The van der Waals surface area contributed by atoms with E-state index in [0.717, 1.165) is 83.2 Å². The van der Waals surface area contributed by atoms with Crippen LogP contribution < -0.4 is 4.90 Å². The summed E-state index contributed by atoms with van der Waals surface area (Å²) in [5, 5.41) is 6.98. The average molecular weight is 704 g/mol. The monoisotopic (exact) mass is 703 g/mol. The Morgan fingerprint density at radius 1 is 0.273 bits per heavy atom. The highest BCUT2D eigenvalue weighted by Gasteiger charge is 2.17. The molecule has 0 aliphatic carbocycles. The Kier molecular flexibility index (Phi) is 7.17. The molecule has 3 nitrogen and oxygen atoms in total. The minimum absolute atomic E-state index is 0.861. The van der Waals surface area contributed by atoms with Gasteiger partial charge in [0.25, 0.3) is 0 Å². The van der Waals surface area contributed by atoms with Gasteiger partial charge in [-0.15, -0.1) is 0 Å². The summed E-state index contributed by atoms with van der Waals surface area (Å²) in [6, 6.07) is 71.1. The van der Waals surface area contributed by atoms with Crippen molar-refractivity contribution >= 4 is 71.7 Å². The highest BCUT2D eigenvalue weighted by Crippen LogP contribution is 2.41. The van der Waals surface area contributed by atoms with Crippen molar-refractivity contribution in [1.29, 1.82) is 0 Å². The average Bonchev–Trinajstić information content (AvgIpc) is 3.82. The summed E-state index contributed by atoms with van der Waals surface area (Å²) in [5.74, 6) is 0. The summed E-state index contributed by atoms with van der Waals surface area (Å²) in [7, 11) is 0. The molecule has 0 spiro atoms. The molecule has 2 heterocycles. The fourth-order valence-corrected chi connectivity index (χ4v) is 8.18. The number of benzene rings is 9. The van der Waals surface area contributed by atoms with Crippen LogP contribution in [-0.2, 0) is 0 Å². The van der Waals surface area contributed by atoms with Gasteiger partial charge in [0, 0.05) is 44.7 Å². The van der Waals surface area contributed by atoms with Crippen molar-refractivity contribution in [2.75, 3.05) is 4.90 Å². The standard InChI is InChI=1S/C52H33NO2/c1-2-16-43-35(10-1)11-9-19-44(43)39-14-7-12-36(30-39)37-13-8-15-41(31-37)53(42-27-28-47-45-17-3-5-20-49(45)55-52(47)33-42)40-25-22-34(23-26-40)38-24-29-51-48(32-38)46-18-4-6-21-50(46)54-51/h1-33H. The molecular weight excluding hydrogens is 671 g/mol. The Morgan fingerprint density at radius 3 is 1.65 bits per heavy atom. The van der Waals surface area contributed by atoms with Crippen LogP contribution in [0.3, 0.4) is 0 Å². The van der Waals surface area contributed by atoms with Gasteiger partial charge in [-0.2, -0.15) is 0 Å². The van der Waals surface area contributed by atoms with Gasteiger partial charge < -0.3 is 13.7 Å². The second kappa shape index (κ2) is 12.6. The van der Waals surface area contributed by atoms with Crippen molar-refractivity contribution in [1.82, 2.24) is 0 Å². The summed E-state index contributed by atoms with van der Waals surface area (Å²) in [5.41, 5.74) is 13.7. The number of hydrogen-bond donors (Lipinski definition) is 0. The molecule has 0 atom stereocenters. The second-order valence-corrected chi connectivity index (χ2v) is 14.1. The molecule has 0 fully saturated rings. The van der Waals surface area contributed by atoms with Crippen LogP contribution in [0.1, 0.15) is 0 Å². The lowest BCUT2D eigenvalue weighted by Gasteiger charge is -2.26. The normalized spacial score (nSPS) is 11.6. The fraction of sp³-hybridized carbons (Fsp3) is 0. The first kappa shape index (κ1) is 31.2. The lowest BCUT2D eigenvalue weighted by molar-refractivity contribution is 0.668. The van der Waals surface area contributed by atoms with E-state index in [1.165, 1.54) is 21.9 Å². The van der Waals surface area contributed by atoms with Gasteiger partial charge in [0.05, 0.1) is 0 Å². The Labute approximate surface area is 317 Å². The van der Waals surface area contributed by atoms with Gasteiger partial charge in [0.15, 0.2) is 0 Å². The topological polar surface area (TPSA) is 29.5 Å². The van der Waals surface area contributed by atoms with Crippen molar-refractivity contribution in [3.8, 4) is 33.4 Å². The van der Waals surface area contributed by atoms with E-state index in [2.05, 4.69) is 181 Å². The molecule has 11 rings (SSSR count). The maximum Gasteiger partial charge on any atom is 0.137 e. The minimum atomic E-state index is 0.861. The van der Waals surface area contributed by atoms with Gasteiger partial charge >= 0.3 is 0 Å². The number of fused-ring (bicyclic) bond motifs is 7. The van der Waals surface area contributed by atoms with Crippen LogP contribution in [0.5, 0.6) is 0 Å². The maximum absolute atomic E-state index is 6.40. The molecule has 9 aromatic carbocycles. The maximum atomic E-state index is 6.40. The lowest BCUT2D eigenvalue weighted by Crippen LogP contribution is -2.10. The Balaban J connectivity index is 1.02. The van der Waals surface area contributed by atoms with Crippen molar-refractivity contribution in [2.24, 2.45) is 0 Å². The van der Waals surface area contributed by atoms with E-state index < -0.39 is 0 Å². The molecule has 3 heteroatoms. The minimum Gasteiger partial charge on any atom is -0.456 e. The van der Waals surface area contributed by atoms with Crippen LogP contribution in [0.4, 0.5) is 17.1 Å². The molecule has 11 aromatic rings. The van der Waals surface area contributed by atoms with Crippen molar-refractivity contribution in [3.05, 3.63) is 200 Å².